The highest BCUT2D eigenvalue weighted by molar-refractivity contribution is 9.10. The van der Waals surface area contributed by atoms with Crippen molar-refractivity contribution in [2.75, 3.05) is 0 Å². The number of Topliss-reactive ketones (excluding diaryl/α,β-unsaturated/α-hetero) is 1. The predicted octanol–water partition coefficient (Wildman–Crippen LogP) is 2.36. The number of halogens is 1. The normalized spacial score (nSPS) is 12.8. The van der Waals surface area contributed by atoms with Crippen molar-refractivity contribution < 1.29 is 4.79 Å². The highest BCUT2D eigenvalue weighted by atomic mass is 79.9. The third-order valence-corrected chi connectivity index (χ3v) is 3.52. The fraction of sp³-hybridized carbons (Fsp3) is 0.444. The molecule has 1 aromatic rings. The van der Waals surface area contributed by atoms with Crippen molar-refractivity contribution in [3.63, 3.8) is 0 Å². The molecule has 1 aromatic heterocycles. The van der Waals surface area contributed by atoms with Crippen molar-refractivity contribution in [1.29, 1.82) is 0 Å². The van der Waals surface area contributed by atoms with Crippen LogP contribution in [0.4, 0.5) is 0 Å². The molecule has 72 valence electrons. The quantitative estimate of drug-likeness (QED) is 0.905. The first-order chi connectivity index (χ1) is 6.09. The first-order valence-corrected chi connectivity index (χ1v) is 5.76. The lowest BCUT2D eigenvalue weighted by molar-refractivity contribution is -0.118. The molecule has 2 nitrogen and oxygen atoms in total. The average molecular weight is 262 g/mol. The van der Waals surface area contributed by atoms with Gasteiger partial charge >= 0.3 is 0 Å². The zero-order valence-corrected chi connectivity index (χ0v) is 9.82. The van der Waals surface area contributed by atoms with Crippen molar-refractivity contribution >= 4 is 33.0 Å². The molecule has 4 heteroatoms. The molecule has 0 aromatic carbocycles. The topological polar surface area (TPSA) is 43.1 Å². The SMILES string of the molecule is CC(N)CC(=O)Cc1sccc1Br. The molecule has 1 heterocycles. The van der Waals surface area contributed by atoms with Crippen LogP contribution in [0.1, 0.15) is 18.2 Å². The summed E-state index contributed by atoms with van der Waals surface area (Å²) in [5, 5.41) is 1.97. The third kappa shape index (κ3) is 3.58. The van der Waals surface area contributed by atoms with Crippen LogP contribution in [-0.4, -0.2) is 11.8 Å². The Morgan fingerprint density at radius 3 is 2.92 bits per heavy atom. The number of rotatable bonds is 4. The lowest BCUT2D eigenvalue weighted by Crippen LogP contribution is -2.20. The first-order valence-electron chi connectivity index (χ1n) is 4.08. The fourth-order valence-corrected chi connectivity index (χ4v) is 2.58. The van der Waals surface area contributed by atoms with E-state index in [0.29, 0.717) is 12.8 Å². The van der Waals surface area contributed by atoms with E-state index in [2.05, 4.69) is 15.9 Å². The van der Waals surface area contributed by atoms with E-state index in [0.717, 1.165) is 9.35 Å². The van der Waals surface area contributed by atoms with Gasteiger partial charge in [0.1, 0.15) is 5.78 Å². The molecule has 0 aliphatic carbocycles. The summed E-state index contributed by atoms with van der Waals surface area (Å²) in [6.45, 7) is 1.85. The fourth-order valence-electron chi connectivity index (χ4n) is 1.06. The summed E-state index contributed by atoms with van der Waals surface area (Å²) in [5.41, 5.74) is 5.53. The van der Waals surface area contributed by atoms with Gasteiger partial charge < -0.3 is 5.73 Å². The second-order valence-corrected chi connectivity index (χ2v) is 4.94. The standard InChI is InChI=1S/C9H12BrNOS/c1-6(11)4-7(12)5-9-8(10)2-3-13-9/h2-3,6H,4-5,11H2,1H3. The average Bonchev–Trinajstić information content (AvgIpc) is 2.34. The zero-order valence-electron chi connectivity index (χ0n) is 7.42. The molecule has 0 bridgehead atoms. The van der Waals surface area contributed by atoms with Gasteiger partial charge in [0.2, 0.25) is 0 Å². The van der Waals surface area contributed by atoms with E-state index in [1.807, 2.05) is 18.4 Å². The van der Waals surface area contributed by atoms with Crippen LogP contribution >= 0.6 is 27.3 Å². The second-order valence-electron chi connectivity index (χ2n) is 3.09. The zero-order chi connectivity index (χ0) is 9.84. The first kappa shape index (κ1) is 10.9. The maximum absolute atomic E-state index is 11.4. The monoisotopic (exact) mass is 261 g/mol. The van der Waals surface area contributed by atoms with E-state index in [4.69, 9.17) is 5.73 Å². The molecular formula is C9H12BrNOS. The van der Waals surface area contributed by atoms with Crippen LogP contribution in [0.25, 0.3) is 0 Å². The van der Waals surface area contributed by atoms with E-state index >= 15 is 0 Å². The van der Waals surface area contributed by atoms with Gasteiger partial charge in [-0.25, -0.2) is 0 Å². The van der Waals surface area contributed by atoms with Crippen LogP contribution in [0, 0.1) is 0 Å². The molecule has 0 saturated heterocycles. The molecule has 0 amide bonds. The molecule has 0 saturated carbocycles. The summed E-state index contributed by atoms with van der Waals surface area (Å²) >= 11 is 4.98. The molecule has 2 N–H and O–H groups in total. The van der Waals surface area contributed by atoms with Crippen molar-refractivity contribution in [2.45, 2.75) is 25.8 Å². The lowest BCUT2D eigenvalue weighted by atomic mass is 10.1. The lowest BCUT2D eigenvalue weighted by Gasteiger charge is -2.02. The Bertz CT molecular complexity index is 296. The van der Waals surface area contributed by atoms with Crippen LogP contribution < -0.4 is 5.73 Å². The summed E-state index contributed by atoms with van der Waals surface area (Å²) < 4.78 is 1.02. The summed E-state index contributed by atoms with van der Waals surface area (Å²) in [6, 6.07) is 1.92. The van der Waals surface area contributed by atoms with Gasteiger partial charge in [0.25, 0.3) is 0 Å². The van der Waals surface area contributed by atoms with Crippen molar-refractivity contribution in [1.82, 2.24) is 0 Å². The van der Waals surface area contributed by atoms with Crippen molar-refractivity contribution in [3.8, 4) is 0 Å². The smallest absolute Gasteiger partial charge is 0.139 e. The van der Waals surface area contributed by atoms with E-state index in [-0.39, 0.29) is 11.8 Å². The Morgan fingerprint density at radius 2 is 2.46 bits per heavy atom. The van der Waals surface area contributed by atoms with Gasteiger partial charge in [-0.05, 0) is 34.3 Å². The van der Waals surface area contributed by atoms with Crippen LogP contribution in [0.5, 0.6) is 0 Å². The predicted molar refractivity (Wildman–Crippen MR) is 59.0 cm³/mol. The minimum absolute atomic E-state index is 0.0359. The van der Waals surface area contributed by atoms with Gasteiger partial charge in [-0.1, -0.05) is 0 Å². The van der Waals surface area contributed by atoms with Gasteiger partial charge in [-0.3, -0.25) is 4.79 Å². The Morgan fingerprint density at radius 1 is 1.77 bits per heavy atom. The highest BCUT2D eigenvalue weighted by Gasteiger charge is 2.09. The molecule has 0 spiro atoms. The molecule has 0 fully saturated rings. The van der Waals surface area contributed by atoms with Gasteiger partial charge in [0.15, 0.2) is 0 Å². The minimum Gasteiger partial charge on any atom is -0.328 e. The number of hydrogen-bond donors (Lipinski definition) is 1. The van der Waals surface area contributed by atoms with E-state index < -0.39 is 0 Å². The van der Waals surface area contributed by atoms with E-state index in [1.165, 1.54) is 0 Å². The van der Waals surface area contributed by atoms with Crippen LogP contribution in [-0.2, 0) is 11.2 Å². The van der Waals surface area contributed by atoms with Crippen LogP contribution in [0.3, 0.4) is 0 Å². The minimum atomic E-state index is -0.0359. The van der Waals surface area contributed by atoms with Gasteiger partial charge in [-0.15, -0.1) is 11.3 Å². The molecule has 1 atom stereocenters. The van der Waals surface area contributed by atoms with Crippen molar-refractivity contribution in [2.24, 2.45) is 5.73 Å². The van der Waals surface area contributed by atoms with Crippen LogP contribution in [0.2, 0.25) is 0 Å². The van der Waals surface area contributed by atoms with Gasteiger partial charge in [0.05, 0.1) is 0 Å². The number of thiophene rings is 1. The number of ketones is 1. The maximum Gasteiger partial charge on any atom is 0.139 e. The van der Waals surface area contributed by atoms with Gasteiger partial charge in [-0.2, -0.15) is 0 Å². The third-order valence-electron chi connectivity index (χ3n) is 1.60. The van der Waals surface area contributed by atoms with Gasteiger partial charge in [0, 0.05) is 28.2 Å². The Kier molecular flexibility index (Phi) is 4.09. The highest BCUT2D eigenvalue weighted by Crippen LogP contribution is 2.23. The Balaban J connectivity index is 2.50. The van der Waals surface area contributed by atoms with Crippen LogP contribution in [0.15, 0.2) is 15.9 Å². The summed E-state index contributed by atoms with van der Waals surface area (Å²) in [7, 11) is 0. The Labute approximate surface area is 90.3 Å². The molecule has 0 radical (unpaired) electrons. The molecule has 1 unspecified atom stereocenters. The summed E-state index contributed by atoms with van der Waals surface area (Å²) in [6.07, 6.45) is 0.962. The Hall–Kier alpha value is -0.190. The largest absolute Gasteiger partial charge is 0.328 e. The summed E-state index contributed by atoms with van der Waals surface area (Å²) in [5.74, 6) is 0.207. The van der Waals surface area contributed by atoms with E-state index in [9.17, 15) is 4.79 Å². The van der Waals surface area contributed by atoms with E-state index in [1.54, 1.807) is 11.3 Å². The number of carbonyl (C=O) groups excluding carboxylic acids is 1. The number of carbonyl (C=O) groups is 1. The van der Waals surface area contributed by atoms with Crippen molar-refractivity contribution in [3.05, 3.63) is 20.8 Å². The molecular weight excluding hydrogens is 250 g/mol. The summed E-state index contributed by atoms with van der Waals surface area (Å²) in [4.78, 5) is 12.5. The molecule has 1 rings (SSSR count). The maximum atomic E-state index is 11.4. The molecule has 0 aliphatic heterocycles. The molecule has 13 heavy (non-hydrogen) atoms. The number of hydrogen-bond acceptors (Lipinski definition) is 3. The second kappa shape index (κ2) is 4.88. The number of nitrogens with two attached hydrogens (primary N) is 1. The molecule has 0 aliphatic rings.